The Morgan fingerprint density at radius 1 is 1.02 bits per heavy atom. The van der Waals surface area contributed by atoms with Crippen LogP contribution in [0, 0.1) is 39.0 Å². The summed E-state index contributed by atoms with van der Waals surface area (Å²) in [6.07, 6.45) is 2.62. The molecule has 2 aliphatic rings. The van der Waals surface area contributed by atoms with Crippen LogP contribution in [0.15, 0.2) is 77.5 Å². The monoisotopic (exact) mass is 653 g/mol. The number of carbonyl (C=O) groups is 3. The average molecular weight is 654 g/mol. The predicted molar refractivity (Wildman–Crippen MR) is 166 cm³/mol. The van der Waals surface area contributed by atoms with Gasteiger partial charge in [-0.3, -0.25) is 34.7 Å². The maximum absolute atomic E-state index is 14.2. The zero-order chi connectivity index (χ0) is 33.9. The minimum Gasteiger partial charge on any atom is -0.480 e. The molecule has 3 aromatic heterocycles. The smallest absolute Gasteiger partial charge is 0.342 e. The topological polar surface area (TPSA) is 220 Å². The number of hydrogen-bond donors (Lipinski definition) is 3. The molecule has 0 saturated carbocycles. The lowest BCUT2D eigenvalue weighted by atomic mass is 9.76. The molecule has 5 heterocycles. The number of carbonyl (C=O) groups excluding carboxylic acids is 2. The first-order valence-corrected chi connectivity index (χ1v) is 14.9. The number of non-ortho nitro benzene ring substituents is 1. The highest BCUT2D eigenvalue weighted by Gasteiger charge is 2.69. The standard InChI is InChI=1S/C32H27N7O9/c1-17-33-16-25(39(46)47)36(17)12-13-37-29(40)26-27(30(37)41)32(31(42)43,14-19-15-34-22-5-3-2-4-21(19)22)35-28(26)24-11-10-23(48-24)18-6-8-20(9-7-18)38(44)45/h2-11,15-16,26-28,34-35H,12-14H2,1H3,(H,42,43). The summed E-state index contributed by atoms with van der Waals surface area (Å²) in [7, 11) is 0. The van der Waals surface area contributed by atoms with Gasteiger partial charge in [-0.25, -0.2) is 9.55 Å². The number of para-hydroxylation sites is 1. The Morgan fingerprint density at radius 3 is 2.48 bits per heavy atom. The van der Waals surface area contributed by atoms with E-state index in [0.29, 0.717) is 22.7 Å². The number of rotatable bonds is 10. The fraction of sp³-hybridized carbons (Fsp3) is 0.250. The molecule has 48 heavy (non-hydrogen) atoms. The van der Waals surface area contributed by atoms with Crippen LogP contribution in [0.25, 0.3) is 22.2 Å². The van der Waals surface area contributed by atoms with Crippen LogP contribution in [0.2, 0.25) is 0 Å². The highest BCUT2D eigenvalue weighted by molar-refractivity contribution is 6.09. The summed E-state index contributed by atoms with van der Waals surface area (Å²) in [5.74, 6) is -4.71. The molecule has 4 unspecified atom stereocenters. The number of nitro benzene ring substituents is 1. The minimum atomic E-state index is -1.95. The molecule has 0 radical (unpaired) electrons. The number of carboxylic acids is 1. The molecule has 16 nitrogen and oxygen atoms in total. The van der Waals surface area contributed by atoms with E-state index in [4.69, 9.17) is 4.42 Å². The van der Waals surface area contributed by atoms with Gasteiger partial charge in [-0.2, -0.15) is 0 Å². The van der Waals surface area contributed by atoms with Crippen molar-refractivity contribution in [1.82, 2.24) is 24.8 Å². The molecule has 0 spiro atoms. The lowest BCUT2D eigenvalue weighted by Crippen LogP contribution is -2.57. The molecule has 2 aliphatic heterocycles. The van der Waals surface area contributed by atoms with Gasteiger partial charge < -0.3 is 24.6 Å². The van der Waals surface area contributed by atoms with Gasteiger partial charge in [0.15, 0.2) is 5.82 Å². The summed E-state index contributed by atoms with van der Waals surface area (Å²) < 4.78 is 7.42. The SMILES string of the molecule is Cc1ncc([N+](=O)[O-])n1CCN1C(=O)C2C(c3ccc(-c4ccc([N+](=O)[O-])cc4)o3)NC(Cc3c[nH]c4ccccc34)(C(=O)O)C2C1=O. The Labute approximate surface area is 270 Å². The van der Waals surface area contributed by atoms with Crippen molar-refractivity contribution in [3.05, 3.63) is 110 Å². The number of aliphatic carboxylic acids is 1. The molecule has 0 aliphatic carbocycles. The van der Waals surface area contributed by atoms with Crippen LogP contribution < -0.4 is 5.32 Å². The second-order valence-electron chi connectivity index (χ2n) is 11.8. The molecule has 2 aromatic carbocycles. The summed E-state index contributed by atoms with van der Waals surface area (Å²) in [4.78, 5) is 71.3. The number of imide groups is 1. The zero-order valence-electron chi connectivity index (χ0n) is 25.2. The number of imidazole rings is 1. The maximum Gasteiger partial charge on any atom is 0.342 e. The summed E-state index contributed by atoms with van der Waals surface area (Å²) in [5, 5.41) is 37.4. The molecule has 16 heteroatoms. The van der Waals surface area contributed by atoms with Gasteiger partial charge in [0.2, 0.25) is 11.8 Å². The van der Waals surface area contributed by atoms with Gasteiger partial charge in [0.1, 0.15) is 29.8 Å². The van der Waals surface area contributed by atoms with Crippen molar-refractivity contribution in [2.75, 3.05) is 6.54 Å². The summed E-state index contributed by atoms with van der Waals surface area (Å²) in [6, 6.07) is 15.1. The molecule has 4 atom stereocenters. The quantitative estimate of drug-likeness (QED) is 0.112. The Balaban J connectivity index is 1.28. The van der Waals surface area contributed by atoms with Gasteiger partial charge in [-0.05, 0) is 40.8 Å². The van der Waals surface area contributed by atoms with Gasteiger partial charge in [-0.15, -0.1) is 0 Å². The first-order chi connectivity index (χ1) is 23.0. The molecule has 7 rings (SSSR count). The lowest BCUT2D eigenvalue weighted by Gasteiger charge is -2.31. The van der Waals surface area contributed by atoms with Crippen LogP contribution >= 0.6 is 0 Å². The van der Waals surface area contributed by atoms with Crippen molar-refractivity contribution >= 4 is 40.2 Å². The first kappa shape index (κ1) is 30.5. The molecular weight excluding hydrogens is 626 g/mol. The van der Waals surface area contributed by atoms with Crippen molar-refractivity contribution in [3.8, 4) is 11.3 Å². The summed E-state index contributed by atoms with van der Waals surface area (Å²) in [5.41, 5.74) is -0.156. The van der Waals surface area contributed by atoms with E-state index >= 15 is 0 Å². The van der Waals surface area contributed by atoms with E-state index in [1.165, 1.54) is 28.8 Å². The van der Waals surface area contributed by atoms with Gasteiger partial charge in [-0.1, -0.05) is 18.2 Å². The number of nitro groups is 2. The van der Waals surface area contributed by atoms with Crippen molar-refractivity contribution < 1.29 is 33.8 Å². The molecule has 2 saturated heterocycles. The molecule has 5 aromatic rings. The Bertz CT molecular complexity index is 2130. The number of likely N-dealkylation sites (tertiary alicyclic amines) is 1. The first-order valence-electron chi connectivity index (χ1n) is 14.9. The molecule has 244 valence electrons. The van der Waals surface area contributed by atoms with Crippen molar-refractivity contribution in [2.24, 2.45) is 11.8 Å². The van der Waals surface area contributed by atoms with Crippen LogP contribution in [0.1, 0.15) is 23.2 Å². The summed E-state index contributed by atoms with van der Waals surface area (Å²) in [6.45, 7) is 1.19. The Morgan fingerprint density at radius 2 is 1.77 bits per heavy atom. The number of benzene rings is 2. The number of furan rings is 1. The van der Waals surface area contributed by atoms with Gasteiger partial charge >= 0.3 is 11.8 Å². The van der Waals surface area contributed by atoms with E-state index in [-0.39, 0.29) is 36.8 Å². The molecule has 2 fully saturated rings. The molecule has 3 N–H and O–H groups in total. The zero-order valence-corrected chi connectivity index (χ0v) is 25.2. The van der Waals surface area contributed by atoms with Crippen molar-refractivity contribution in [2.45, 2.75) is 31.5 Å². The molecule has 0 bridgehead atoms. The summed E-state index contributed by atoms with van der Waals surface area (Å²) >= 11 is 0. The highest BCUT2D eigenvalue weighted by Crippen LogP contribution is 2.51. The number of H-pyrrole nitrogens is 1. The number of fused-ring (bicyclic) bond motifs is 2. The number of aromatic amines is 1. The second-order valence-corrected chi connectivity index (χ2v) is 11.8. The number of amides is 2. The average Bonchev–Trinajstić information content (AvgIpc) is 3.88. The fourth-order valence-corrected chi connectivity index (χ4v) is 7.04. The van der Waals surface area contributed by atoms with E-state index in [9.17, 15) is 39.7 Å². The molecular formula is C32H27N7O9. The lowest BCUT2D eigenvalue weighted by molar-refractivity contribution is -0.392. The number of hydrogen-bond acceptors (Lipinski definition) is 10. The normalized spacial score (nSPS) is 22.0. The van der Waals surface area contributed by atoms with Gasteiger partial charge in [0, 0.05) is 48.1 Å². The van der Waals surface area contributed by atoms with Crippen LogP contribution in [-0.2, 0) is 27.3 Å². The fourth-order valence-electron chi connectivity index (χ4n) is 7.04. The number of nitrogens with one attached hydrogen (secondary N) is 2. The van der Waals surface area contributed by atoms with E-state index < -0.39 is 51.0 Å². The van der Waals surface area contributed by atoms with Gasteiger partial charge in [0.25, 0.3) is 5.69 Å². The van der Waals surface area contributed by atoms with E-state index in [2.05, 4.69) is 15.3 Å². The third kappa shape index (κ3) is 4.72. The number of carboxylic acid groups (broad SMARTS) is 1. The van der Waals surface area contributed by atoms with Crippen molar-refractivity contribution in [3.63, 3.8) is 0 Å². The van der Waals surface area contributed by atoms with Crippen molar-refractivity contribution in [1.29, 1.82) is 0 Å². The number of nitrogens with zero attached hydrogens (tertiary/aromatic N) is 5. The highest BCUT2D eigenvalue weighted by atomic mass is 16.6. The Kier molecular flexibility index (Phi) is 7.16. The van der Waals surface area contributed by atoms with Crippen LogP contribution in [0.5, 0.6) is 0 Å². The maximum atomic E-state index is 14.2. The molecule has 2 amide bonds. The Hall–Kier alpha value is -6.16. The van der Waals surface area contributed by atoms with Crippen LogP contribution in [0.4, 0.5) is 11.5 Å². The van der Waals surface area contributed by atoms with Gasteiger partial charge in [0.05, 0.1) is 29.3 Å². The van der Waals surface area contributed by atoms with E-state index in [1.807, 2.05) is 24.3 Å². The number of aryl methyl sites for hydroxylation is 1. The predicted octanol–water partition coefficient (Wildman–Crippen LogP) is 3.76. The van der Waals surface area contributed by atoms with E-state index in [1.54, 1.807) is 25.3 Å². The van der Waals surface area contributed by atoms with E-state index in [0.717, 1.165) is 22.0 Å². The van der Waals surface area contributed by atoms with Crippen LogP contribution in [0.3, 0.4) is 0 Å². The minimum absolute atomic E-state index is 0.110. The number of aromatic nitrogens is 3. The van der Waals surface area contributed by atoms with Crippen LogP contribution in [-0.4, -0.2) is 64.3 Å². The largest absolute Gasteiger partial charge is 0.480 e. The second kappa shape index (κ2) is 11.3. The third-order valence-corrected chi connectivity index (χ3v) is 9.34. The third-order valence-electron chi connectivity index (χ3n) is 9.34.